The Bertz CT molecular complexity index is 471. The number of aliphatic hydroxyl groups excluding tert-OH is 1. The summed E-state index contributed by atoms with van der Waals surface area (Å²) in [6, 6.07) is 2.29. The minimum absolute atomic E-state index is 0.125. The van der Waals surface area contributed by atoms with Crippen molar-refractivity contribution in [3.63, 3.8) is 0 Å². The van der Waals surface area contributed by atoms with Crippen LogP contribution in [-0.2, 0) is 10.0 Å². The number of sulfonamides is 1. The third kappa shape index (κ3) is 3.91. The van der Waals surface area contributed by atoms with E-state index in [0.717, 1.165) is 11.3 Å². The maximum atomic E-state index is 12.1. The number of likely N-dealkylation sites (N-methyl/N-ethyl adjacent to an activating group) is 1. The molecule has 0 radical (unpaired) electrons. The summed E-state index contributed by atoms with van der Waals surface area (Å²) in [5, 5.41) is 12.3. The molecule has 0 fully saturated rings. The van der Waals surface area contributed by atoms with Gasteiger partial charge in [0.05, 0.1) is 17.0 Å². The van der Waals surface area contributed by atoms with Crippen LogP contribution in [-0.4, -0.2) is 39.3 Å². The summed E-state index contributed by atoms with van der Waals surface area (Å²) in [6.45, 7) is 1.65. The van der Waals surface area contributed by atoms with Crippen LogP contribution in [0.5, 0.6) is 0 Å². The Morgan fingerprint density at radius 2 is 2.11 bits per heavy atom. The van der Waals surface area contributed by atoms with Gasteiger partial charge in [0, 0.05) is 6.04 Å². The summed E-state index contributed by atoms with van der Waals surface area (Å²) in [7, 11) is -1.90. The summed E-state index contributed by atoms with van der Waals surface area (Å²) < 4.78 is 27.2. The fourth-order valence-corrected chi connectivity index (χ4v) is 4.40. The molecular formula is C10H17ClN2O3S2. The summed E-state index contributed by atoms with van der Waals surface area (Å²) in [5.41, 5.74) is 0. The lowest BCUT2D eigenvalue weighted by Crippen LogP contribution is -2.50. The largest absolute Gasteiger partial charge is 0.395 e. The SMILES string of the molecule is CCC(NC)C(CO)NS(=O)(=O)c1ccc(Cl)s1. The van der Waals surface area contributed by atoms with Crippen LogP contribution >= 0.6 is 22.9 Å². The Labute approximate surface area is 116 Å². The fraction of sp³-hybridized carbons (Fsp3) is 0.600. The van der Waals surface area contributed by atoms with Gasteiger partial charge in [0.15, 0.2) is 0 Å². The van der Waals surface area contributed by atoms with Crippen LogP contribution < -0.4 is 10.0 Å². The minimum atomic E-state index is -3.63. The van der Waals surface area contributed by atoms with E-state index in [1.807, 2.05) is 6.92 Å². The maximum absolute atomic E-state index is 12.1. The second-order valence-electron chi connectivity index (χ2n) is 3.77. The number of nitrogens with one attached hydrogen (secondary N) is 2. The summed E-state index contributed by atoms with van der Waals surface area (Å²) in [5.74, 6) is 0. The third-order valence-corrected chi connectivity index (χ3v) is 5.83. The first kappa shape index (κ1) is 15.9. The van der Waals surface area contributed by atoms with Crippen molar-refractivity contribution in [3.8, 4) is 0 Å². The Hall–Kier alpha value is -0.180. The Morgan fingerprint density at radius 3 is 2.50 bits per heavy atom. The van der Waals surface area contributed by atoms with E-state index in [-0.39, 0.29) is 16.9 Å². The van der Waals surface area contributed by atoms with Crippen LogP contribution in [0.4, 0.5) is 0 Å². The molecule has 0 spiro atoms. The molecule has 1 aromatic rings. The first-order chi connectivity index (χ1) is 8.44. The van der Waals surface area contributed by atoms with Gasteiger partial charge in [0.1, 0.15) is 4.21 Å². The van der Waals surface area contributed by atoms with Crippen molar-refractivity contribution >= 4 is 33.0 Å². The van der Waals surface area contributed by atoms with E-state index in [1.165, 1.54) is 12.1 Å². The van der Waals surface area contributed by atoms with E-state index < -0.39 is 16.1 Å². The van der Waals surface area contributed by atoms with Crippen LogP contribution in [0.1, 0.15) is 13.3 Å². The summed E-state index contributed by atoms with van der Waals surface area (Å²) in [6.07, 6.45) is 0.704. The minimum Gasteiger partial charge on any atom is -0.395 e. The molecule has 104 valence electrons. The highest BCUT2D eigenvalue weighted by atomic mass is 35.5. The Kier molecular flexibility index (Phi) is 6.03. The predicted octanol–water partition coefficient (Wildman–Crippen LogP) is 1.04. The molecule has 3 N–H and O–H groups in total. The van der Waals surface area contributed by atoms with Gasteiger partial charge in [-0.05, 0) is 25.6 Å². The molecule has 0 aromatic carbocycles. The van der Waals surface area contributed by atoms with Crippen LogP contribution in [0.2, 0.25) is 4.34 Å². The molecule has 0 aliphatic carbocycles. The molecule has 5 nitrogen and oxygen atoms in total. The standard InChI is InChI=1S/C10H17ClN2O3S2/c1-3-7(12-2)8(6-14)13-18(15,16)10-5-4-9(11)17-10/h4-5,7-8,12-14H,3,6H2,1-2H3. The zero-order valence-corrected chi connectivity index (χ0v) is 12.6. The summed E-state index contributed by atoms with van der Waals surface area (Å²) >= 11 is 6.71. The number of hydrogen-bond acceptors (Lipinski definition) is 5. The molecule has 1 rings (SSSR count). The lowest BCUT2D eigenvalue weighted by atomic mass is 10.1. The second kappa shape index (κ2) is 6.83. The van der Waals surface area contributed by atoms with Crippen LogP contribution in [0.15, 0.2) is 16.3 Å². The molecule has 0 saturated heterocycles. The molecule has 2 atom stereocenters. The fourth-order valence-electron chi connectivity index (χ4n) is 1.64. The van der Waals surface area contributed by atoms with Gasteiger partial charge in [0.2, 0.25) is 10.0 Å². The first-order valence-corrected chi connectivity index (χ1v) is 8.18. The van der Waals surface area contributed by atoms with Crippen LogP contribution in [0.25, 0.3) is 0 Å². The van der Waals surface area contributed by atoms with Gasteiger partial charge >= 0.3 is 0 Å². The monoisotopic (exact) mass is 312 g/mol. The van der Waals surface area contributed by atoms with Gasteiger partial charge in [0.25, 0.3) is 0 Å². The molecular weight excluding hydrogens is 296 g/mol. The maximum Gasteiger partial charge on any atom is 0.250 e. The molecule has 0 aliphatic heterocycles. The van der Waals surface area contributed by atoms with Crippen molar-refractivity contribution < 1.29 is 13.5 Å². The molecule has 0 amide bonds. The smallest absolute Gasteiger partial charge is 0.250 e. The summed E-state index contributed by atoms with van der Waals surface area (Å²) in [4.78, 5) is 0. The van der Waals surface area contributed by atoms with E-state index in [4.69, 9.17) is 11.6 Å². The molecule has 18 heavy (non-hydrogen) atoms. The zero-order valence-electron chi connectivity index (χ0n) is 10.2. The van der Waals surface area contributed by atoms with Crippen molar-refractivity contribution in [1.29, 1.82) is 0 Å². The number of rotatable bonds is 7. The highest BCUT2D eigenvalue weighted by Gasteiger charge is 2.25. The van der Waals surface area contributed by atoms with Gasteiger partial charge < -0.3 is 10.4 Å². The molecule has 2 unspecified atom stereocenters. The van der Waals surface area contributed by atoms with Crippen LogP contribution in [0, 0.1) is 0 Å². The predicted molar refractivity (Wildman–Crippen MR) is 73.7 cm³/mol. The number of thiophene rings is 1. The molecule has 8 heteroatoms. The van der Waals surface area contributed by atoms with Crippen molar-refractivity contribution in [3.05, 3.63) is 16.5 Å². The molecule has 1 heterocycles. The van der Waals surface area contributed by atoms with E-state index in [1.54, 1.807) is 7.05 Å². The molecule has 0 bridgehead atoms. The molecule has 0 aliphatic rings. The Morgan fingerprint density at radius 1 is 1.44 bits per heavy atom. The molecule has 0 saturated carbocycles. The quantitative estimate of drug-likeness (QED) is 0.703. The lowest BCUT2D eigenvalue weighted by Gasteiger charge is -2.24. The zero-order chi connectivity index (χ0) is 13.8. The topological polar surface area (TPSA) is 78.4 Å². The van der Waals surface area contributed by atoms with Gasteiger partial charge in [-0.3, -0.25) is 0 Å². The number of hydrogen-bond donors (Lipinski definition) is 3. The van der Waals surface area contributed by atoms with Crippen LogP contribution in [0.3, 0.4) is 0 Å². The third-order valence-electron chi connectivity index (χ3n) is 2.61. The van der Waals surface area contributed by atoms with Crippen molar-refractivity contribution in [1.82, 2.24) is 10.0 Å². The average molecular weight is 313 g/mol. The van der Waals surface area contributed by atoms with Gasteiger partial charge in [-0.25, -0.2) is 13.1 Å². The van der Waals surface area contributed by atoms with Crippen molar-refractivity contribution in [2.24, 2.45) is 0 Å². The van der Waals surface area contributed by atoms with E-state index in [0.29, 0.717) is 10.8 Å². The van der Waals surface area contributed by atoms with Gasteiger partial charge in [-0.15, -0.1) is 11.3 Å². The van der Waals surface area contributed by atoms with E-state index >= 15 is 0 Å². The van der Waals surface area contributed by atoms with Gasteiger partial charge in [-0.2, -0.15) is 0 Å². The second-order valence-corrected chi connectivity index (χ2v) is 7.43. The highest BCUT2D eigenvalue weighted by Crippen LogP contribution is 2.25. The number of aliphatic hydroxyl groups is 1. The van der Waals surface area contributed by atoms with E-state index in [2.05, 4.69) is 10.0 Å². The Balaban J connectivity index is 2.87. The highest BCUT2D eigenvalue weighted by molar-refractivity contribution is 7.91. The van der Waals surface area contributed by atoms with Gasteiger partial charge in [-0.1, -0.05) is 18.5 Å². The van der Waals surface area contributed by atoms with E-state index in [9.17, 15) is 13.5 Å². The average Bonchev–Trinajstić information content (AvgIpc) is 2.76. The molecule has 1 aromatic heterocycles. The number of halogens is 1. The lowest BCUT2D eigenvalue weighted by molar-refractivity contribution is 0.227. The first-order valence-electron chi connectivity index (χ1n) is 5.50. The van der Waals surface area contributed by atoms with Crippen molar-refractivity contribution in [2.75, 3.05) is 13.7 Å². The van der Waals surface area contributed by atoms with Crippen molar-refractivity contribution in [2.45, 2.75) is 29.6 Å². The normalized spacial score (nSPS) is 15.6.